The van der Waals surface area contributed by atoms with Crippen LogP contribution in [-0.4, -0.2) is 54.1 Å². The number of benzene rings is 1. The molecule has 3 aromatic rings. The van der Waals surface area contributed by atoms with Crippen LogP contribution in [0.25, 0.3) is 0 Å². The molecule has 204 valence electrons. The number of aryl methyl sites for hydroxylation is 1. The summed E-state index contributed by atoms with van der Waals surface area (Å²) in [5.41, 5.74) is 3.67. The third-order valence-electron chi connectivity index (χ3n) is 5.98. The highest BCUT2D eigenvalue weighted by Crippen LogP contribution is 2.31. The fourth-order valence-electron chi connectivity index (χ4n) is 4.30. The van der Waals surface area contributed by atoms with Gasteiger partial charge in [0.2, 0.25) is 5.91 Å². The largest absolute Gasteiger partial charge is 0.444 e. The van der Waals surface area contributed by atoms with Crippen LogP contribution in [-0.2, 0) is 22.4 Å². The Hall–Kier alpha value is -4.47. The lowest BCUT2D eigenvalue weighted by Crippen LogP contribution is -2.30. The zero-order chi connectivity index (χ0) is 28.3. The summed E-state index contributed by atoms with van der Waals surface area (Å²) in [4.78, 5) is 50.6. The van der Waals surface area contributed by atoms with E-state index in [-0.39, 0.29) is 18.2 Å². The minimum Gasteiger partial charge on any atom is -0.444 e. The smallest absolute Gasteiger partial charge is 0.413 e. The lowest BCUT2D eigenvalue weighted by atomic mass is 10.1. The number of fused-ring (bicyclic) bond motifs is 1. The quantitative estimate of drug-likeness (QED) is 0.479. The summed E-state index contributed by atoms with van der Waals surface area (Å²) in [6.45, 7) is 7.76. The van der Waals surface area contributed by atoms with Gasteiger partial charge in [0.15, 0.2) is 0 Å². The van der Waals surface area contributed by atoms with Gasteiger partial charge < -0.3 is 19.9 Å². The number of nitrogens with zero attached hydrogens (tertiary/aromatic N) is 4. The monoisotopic (exact) mass is 530 g/mol. The van der Waals surface area contributed by atoms with E-state index in [0.29, 0.717) is 41.5 Å². The molecule has 0 unspecified atom stereocenters. The molecule has 1 aliphatic heterocycles. The Morgan fingerprint density at radius 1 is 1.03 bits per heavy atom. The predicted octanol–water partition coefficient (Wildman–Crippen LogP) is 4.58. The van der Waals surface area contributed by atoms with Crippen LogP contribution in [0.5, 0.6) is 0 Å². The zero-order valence-electron chi connectivity index (χ0n) is 23.2. The fourth-order valence-corrected chi connectivity index (χ4v) is 4.30. The summed E-state index contributed by atoms with van der Waals surface area (Å²) in [7, 11) is 3.70. The molecule has 0 fully saturated rings. The van der Waals surface area contributed by atoms with Crippen molar-refractivity contribution in [3.05, 3.63) is 71.0 Å². The lowest BCUT2D eigenvalue weighted by molar-refractivity contribution is -0.117. The number of nitrogens with one attached hydrogen (secondary N) is 2. The van der Waals surface area contributed by atoms with Crippen molar-refractivity contribution in [2.24, 2.45) is 0 Å². The maximum absolute atomic E-state index is 13.2. The molecule has 10 heteroatoms. The molecule has 0 spiro atoms. The first-order chi connectivity index (χ1) is 18.4. The van der Waals surface area contributed by atoms with Gasteiger partial charge in [-0.25, -0.2) is 14.8 Å². The second-order valence-corrected chi connectivity index (χ2v) is 10.6. The summed E-state index contributed by atoms with van der Waals surface area (Å²) in [5, 5.41) is 5.56. The van der Waals surface area contributed by atoms with Gasteiger partial charge in [0.25, 0.3) is 5.91 Å². The van der Waals surface area contributed by atoms with Crippen LogP contribution in [0.4, 0.5) is 27.8 Å². The van der Waals surface area contributed by atoms with E-state index in [1.807, 2.05) is 44.1 Å². The number of aromatic nitrogens is 2. The lowest BCUT2D eigenvalue weighted by Gasteiger charge is -2.20. The van der Waals surface area contributed by atoms with Crippen molar-refractivity contribution in [2.75, 3.05) is 41.1 Å². The first kappa shape index (κ1) is 27.6. The van der Waals surface area contributed by atoms with E-state index >= 15 is 0 Å². The maximum atomic E-state index is 13.2. The molecule has 0 radical (unpaired) electrons. The second kappa shape index (κ2) is 11.1. The molecule has 3 heterocycles. The highest BCUT2D eigenvalue weighted by Gasteiger charge is 2.26. The zero-order valence-corrected chi connectivity index (χ0v) is 23.2. The molecule has 2 aromatic heterocycles. The second-order valence-electron chi connectivity index (χ2n) is 10.6. The number of rotatable bonds is 6. The molecule has 0 bridgehead atoms. The molecule has 0 saturated heterocycles. The molecule has 10 nitrogen and oxygen atoms in total. The van der Waals surface area contributed by atoms with E-state index in [1.165, 1.54) is 0 Å². The molecule has 3 amide bonds. The van der Waals surface area contributed by atoms with Crippen molar-refractivity contribution in [1.82, 2.24) is 9.97 Å². The Morgan fingerprint density at radius 3 is 2.51 bits per heavy atom. The summed E-state index contributed by atoms with van der Waals surface area (Å²) in [6, 6.07) is 14.3. The van der Waals surface area contributed by atoms with Crippen molar-refractivity contribution in [3.63, 3.8) is 0 Å². The Bertz CT molecular complexity index is 1410. The predicted molar refractivity (Wildman–Crippen MR) is 152 cm³/mol. The van der Waals surface area contributed by atoms with E-state index in [2.05, 4.69) is 20.6 Å². The van der Waals surface area contributed by atoms with Gasteiger partial charge in [0.05, 0.1) is 17.7 Å². The molecular weight excluding hydrogens is 496 g/mol. The Balaban J connectivity index is 1.42. The SMILES string of the molecule is Cc1ccc(C(=O)Nc2ccc3c(c2)CCN3C(=O)Cc2cccc(NC(=O)OC(C)(C)C)n2)c(N(C)C)n1. The highest BCUT2D eigenvalue weighted by atomic mass is 16.6. The van der Waals surface area contributed by atoms with Crippen molar-refractivity contribution in [1.29, 1.82) is 0 Å². The normalized spacial score (nSPS) is 12.5. The van der Waals surface area contributed by atoms with Crippen molar-refractivity contribution in [3.8, 4) is 0 Å². The molecular formula is C29H34N6O4. The van der Waals surface area contributed by atoms with Crippen LogP contribution in [0.3, 0.4) is 0 Å². The third-order valence-corrected chi connectivity index (χ3v) is 5.98. The number of pyridine rings is 2. The van der Waals surface area contributed by atoms with Gasteiger partial charge >= 0.3 is 6.09 Å². The van der Waals surface area contributed by atoms with E-state index in [1.54, 1.807) is 56.0 Å². The Morgan fingerprint density at radius 2 is 1.79 bits per heavy atom. The van der Waals surface area contributed by atoms with Crippen LogP contribution in [0.15, 0.2) is 48.5 Å². The number of anilines is 4. The van der Waals surface area contributed by atoms with Gasteiger partial charge in [-0.1, -0.05) is 6.07 Å². The van der Waals surface area contributed by atoms with E-state index < -0.39 is 11.7 Å². The van der Waals surface area contributed by atoms with Gasteiger partial charge in [-0.05, 0) is 82.1 Å². The van der Waals surface area contributed by atoms with Crippen molar-refractivity contribution in [2.45, 2.75) is 46.1 Å². The van der Waals surface area contributed by atoms with Crippen LogP contribution < -0.4 is 20.4 Å². The van der Waals surface area contributed by atoms with Crippen molar-refractivity contribution < 1.29 is 19.1 Å². The van der Waals surface area contributed by atoms with Crippen LogP contribution >= 0.6 is 0 Å². The van der Waals surface area contributed by atoms with Crippen LogP contribution in [0, 0.1) is 6.92 Å². The average molecular weight is 531 g/mol. The standard InChI is InChI=1S/C29H34N6O4/c1-18-10-12-22(26(30-18)34(5)6)27(37)32-21-11-13-23-19(16-21)14-15-35(23)25(36)17-20-8-7-9-24(31-20)33-28(38)39-29(2,3)4/h7-13,16H,14-15,17H2,1-6H3,(H,32,37)(H,31,33,38). The summed E-state index contributed by atoms with van der Waals surface area (Å²) in [5.74, 6) is 0.569. The fraction of sp³-hybridized carbons (Fsp3) is 0.345. The number of hydrogen-bond acceptors (Lipinski definition) is 7. The number of hydrogen-bond donors (Lipinski definition) is 2. The number of carbonyl (C=O) groups excluding carboxylic acids is 3. The summed E-state index contributed by atoms with van der Waals surface area (Å²) in [6.07, 6.45) is 0.148. The molecule has 1 aromatic carbocycles. The molecule has 1 aliphatic rings. The van der Waals surface area contributed by atoms with Gasteiger partial charge in [0, 0.05) is 37.7 Å². The number of carbonyl (C=O) groups is 3. The first-order valence-corrected chi connectivity index (χ1v) is 12.7. The minimum atomic E-state index is -0.628. The third kappa shape index (κ3) is 6.90. The van der Waals surface area contributed by atoms with Gasteiger partial charge in [-0.15, -0.1) is 0 Å². The molecule has 0 atom stereocenters. The van der Waals surface area contributed by atoms with Gasteiger partial charge in [-0.2, -0.15) is 0 Å². The number of ether oxygens (including phenoxy) is 1. The first-order valence-electron chi connectivity index (χ1n) is 12.7. The van der Waals surface area contributed by atoms with Crippen LogP contribution in [0.1, 0.15) is 48.1 Å². The minimum absolute atomic E-state index is 0.0789. The maximum Gasteiger partial charge on any atom is 0.413 e. The number of amides is 3. The highest BCUT2D eigenvalue weighted by molar-refractivity contribution is 6.08. The Kier molecular flexibility index (Phi) is 7.85. The van der Waals surface area contributed by atoms with Gasteiger partial charge in [-0.3, -0.25) is 14.9 Å². The van der Waals surface area contributed by atoms with Gasteiger partial charge in [0.1, 0.15) is 17.2 Å². The molecule has 0 saturated carbocycles. The average Bonchev–Trinajstić information content (AvgIpc) is 3.26. The summed E-state index contributed by atoms with van der Waals surface area (Å²) < 4.78 is 5.27. The van der Waals surface area contributed by atoms with E-state index in [0.717, 1.165) is 16.9 Å². The molecule has 0 aliphatic carbocycles. The molecule has 4 rings (SSSR count). The van der Waals surface area contributed by atoms with Crippen molar-refractivity contribution >= 4 is 40.9 Å². The topological polar surface area (TPSA) is 117 Å². The molecule has 2 N–H and O–H groups in total. The van der Waals surface area contributed by atoms with Crippen LogP contribution in [0.2, 0.25) is 0 Å². The molecule has 39 heavy (non-hydrogen) atoms. The Labute approximate surface area is 228 Å². The van der Waals surface area contributed by atoms with E-state index in [9.17, 15) is 14.4 Å². The van der Waals surface area contributed by atoms with E-state index in [4.69, 9.17) is 4.74 Å². The summed E-state index contributed by atoms with van der Waals surface area (Å²) >= 11 is 0.